The van der Waals surface area contributed by atoms with Crippen molar-refractivity contribution < 1.29 is 4.39 Å². The SMILES string of the molecule is Cc1ccc(C)n1-c1c(Cl)cc(F)cc1Cl. The van der Waals surface area contributed by atoms with Gasteiger partial charge >= 0.3 is 0 Å². The predicted molar refractivity (Wildman–Crippen MR) is 65.2 cm³/mol. The molecule has 2 aromatic rings. The number of halogens is 3. The minimum atomic E-state index is -0.429. The van der Waals surface area contributed by atoms with E-state index in [-0.39, 0.29) is 0 Å². The number of nitrogens with zero attached hydrogens (tertiary/aromatic N) is 1. The molecular weight excluding hydrogens is 248 g/mol. The van der Waals surface area contributed by atoms with Crippen LogP contribution in [0.2, 0.25) is 10.0 Å². The van der Waals surface area contributed by atoms with Crippen LogP contribution < -0.4 is 0 Å². The summed E-state index contributed by atoms with van der Waals surface area (Å²) < 4.78 is 15.0. The van der Waals surface area contributed by atoms with Crippen molar-refractivity contribution in [3.8, 4) is 5.69 Å². The van der Waals surface area contributed by atoms with Gasteiger partial charge in [0.2, 0.25) is 0 Å². The zero-order valence-electron chi connectivity index (χ0n) is 8.89. The molecular formula is C12H10Cl2FN. The Labute approximate surface area is 103 Å². The number of hydrogen-bond acceptors (Lipinski definition) is 0. The summed E-state index contributed by atoms with van der Waals surface area (Å²) in [5.41, 5.74) is 2.64. The quantitative estimate of drug-likeness (QED) is 0.707. The van der Waals surface area contributed by atoms with Crippen molar-refractivity contribution in [1.82, 2.24) is 4.57 Å². The van der Waals surface area contributed by atoms with E-state index in [0.29, 0.717) is 15.7 Å². The Morgan fingerprint density at radius 3 is 1.88 bits per heavy atom. The van der Waals surface area contributed by atoms with Gasteiger partial charge in [-0.3, -0.25) is 0 Å². The number of benzene rings is 1. The van der Waals surface area contributed by atoms with Gasteiger partial charge in [0.15, 0.2) is 0 Å². The fraction of sp³-hybridized carbons (Fsp3) is 0.167. The van der Waals surface area contributed by atoms with Crippen molar-refractivity contribution in [1.29, 1.82) is 0 Å². The lowest BCUT2D eigenvalue weighted by molar-refractivity contribution is 0.627. The number of hydrogen-bond donors (Lipinski definition) is 0. The summed E-state index contributed by atoms with van der Waals surface area (Å²) in [6.07, 6.45) is 0. The van der Waals surface area contributed by atoms with E-state index < -0.39 is 5.82 Å². The van der Waals surface area contributed by atoms with Crippen LogP contribution in [0.4, 0.5) is 4.39 Å². The predicted octanol–water partition coefficient (Wildman–Crippen LogP) is 4.54. The molecule has 0 aliphatic rings. The van der Waals surface area contributed by atoms with Crippen LogP contribution in [-0.4, -0.2) is 4.57 Å². The molecule has 4 heteroatoms. The highest BCUT2D eigenvalue weighted by Crippen LogP contribution is 2.32. The molecule has 1 heterocycles. The van der Waals surface area contributed by atoms with Gasteiger partial charge in [-0.2, -0.15) is 0 Å². The number of rotatable bonds is 1. The fourth-order valence-electron chi connectivity index (χ4n) is 1.77. The molecule has 0 saturated carbocycles. The third kappa shape index (κ3) is 1.83. The Morgan fingerprint density at radius 1 is 1.00 bits per heavy atom. The normalized spacial score (nSPS) is 10.8. The second-order valence-corrected chi connectivity index (χ2v) is 4.48. The van der Waals surface area contributed by atoms with Gasteiger partial charge in [0, 0.05) is 11.4 Å². The summed E-state index contributed by atoms with van der Waals surface area (Å²) in [6, 6.07) is 6.46. The summed E-state index contributed by atoms with van der Waals surface area (Å²) in [5, 5.41) is 0.625. The molecule has 0 bridgehead atoms. The van der Waals surface area contributed by atoms with Crippen LogP contribution >= 0.6 is 23.2 Å². The molecule has 1 aromatic carbocycles. The van der Waals surface area contributed by atoms with E-state index in [1.165, 1.54) is 12.1 Å². The molecule has 0 radical (unpaired) electrons. The maximum atomic E-state index is 13.1. The van der Waals surface area contributed by atoms with E-state index >= 15 is 0 Å². The van der Waals surface area contributed by atoms with Crippen LogP contribution in [0.5, 0.6) is 0 Å². The molecule has 1 nitrogen and oxygen atoms in total. The monoisotopic (exact) mass is 257 g/mol. The summed E-state index contributed by atoms with van der Waals surface area (Å²) in [7, 11) is 0. The Hall–Kier alpha value is -0.990. The van der Waals surface area contributed by atoms with Crippen LogP contribution in [0.15, 0.2) is 24.3 Å². The summed E-state index contributed by atoms with van der Waals surface area (Å²) in [6.45, 7) is 3.89. The smallest absolute Gasteiger partial charge is 0.126 e. The van der Waals surface area contributed by atoms with E-state index in [4.69, 9.17) is 23.2 Å². The van der Waals surface area contributed by atoms with E-state index in [2.05, 4.69) is 0 Å². The van der Waals surface area contributed by atoms with Gasteiger partial charge < -0.3 is 4.57 Å². The first kappa shape index (κ1) is 11.5. The molecule has 0 amide bonds. The minimum Gasteiger partial charge on any atom is -0.316 e. The first-order chi connectivity index (χ1) is 7.50. The van der Waals surface area contributed by atoms with Crippen LogP contribution in [-0.2, 0) is 0 Å². The summed E-state index contributed by atoms with van der Waals surface area (Å²) in [5.74, 6) is -0.429. The topological polar surface area (TPSA) is 4.93 Å². The zero-order valence-corrected chi connectivity index (χ0v) is 10.4. The highest BCUT2D eigenvalue weighted by Gasteiger charge is 2.13. The van der Waals surface area contributed by atoms with Crippen LogP contribution in [0.3, 0.4) is 0 Å². The molecule has 0 atom stereocenters. The van der Waals surface area contributed by atoms with Crippen LogP contribution in [0.1, 0.15) is 11.4 Å². The number of aromatic nitrogens is 1. The molecule has 0 N–H and O–H groups in total. The molecule has 0 fully saturated rings. The van der Waals surface area contributed by atoms with Gasteiger partial charge in [-0.05, 0) is 38.1 Å². The average Bonchev–Trinajstić information content (AvgIpc) is 2.47. The van der Waals surface area contributed by atoms with Gasteiger partial charge in [0.25, 0.3) is 0 Å². The van der Waals surface area contributed by atoms with Crippen molar-refractivity contribution >= 4 is 23.2 Å². The van der Waals surface area contributed by atoms with Crippen molar-refractivity contribution in [2.24, 2.45) is 0 Å². The van der Waals surface area contributed by atoms with Gasteiger partial charge in [0.05, 0.1) is 15.7 Å². The lowest BCUT2D eigenvalue weighted by Gasteiger charge is -2.13. The molecule has 2 rings (SSSR count). The number of aryl methyl sites for hydroxylation is 2. The van der Waals surface area contributed by atoms with Gasteiger partial charge in [0.1, 0.15) is 5.82 Å². The van der Waals surface area contributed by atoms with Gasteiger partial charge in [-0.1, -0.05) is 23.2 Å². The molecule has 84 valence electrons. The van der Waals surface area contributed by atoms with Crippen molar-refractivity contribution in [3.05, 3.63) is 51.5 Å². The first-order valence-corrected chi connectivity index (χ1v) is 5.56. The van der Waals surface area contributed by atoms with E-state index in [9.17, 15) is 4.39 Å². The average molecular weight is 258 g/mol. The maximum absolute atomic E-state index is 13.1. The molecule has 16 heavy (non-hydrogen) atoms. The zero-order chi connectivity index (χ0) is 11.9. The highest BCUT2D eigenvalue weighted by molar-refractivity contribution is 6.37. The second kappa shape index (κ2) is 4.11. The van der Waals surface area contributed by atoms with Crippen LogP contribution in [0, 0.1) is 19.7 Å². The van der Waals surface area contributed by atoms with Gasteiger partial charge in [-0.15, -0.1) is 0 Å². The van der Waals surface area contributed by atoms with E-state index in [1.807, 2.05) is 30.5 Å². The summed E-state index contributed by atoms with van der Waals surface area (Å²) in [4.78, 5) is 0. The van der Waals surface area contributed by atoms with Crippen molar-refractivity contribution in [2.45, 2.75) is 13.8 Å². The largest absolute Gasteiger partial charge is 0.316 e. The molecule has 1 aromatic heterocycles. The minimum absolute atomic E-state index is 0.312. The molecule has 0 spiro atoms. The summed E-state index contributed by atoms with van der Waals surface area (Å²) >= 11 is 12.0. The van der Waals surface area contributed by atoms with E-state index in [0.717, 1.165) is 11.4 Å². The van der Waals surface area contributed by atoms with Crippen LogP contribution in [0.25, 0.3) is 5.69 Å². The third-order valence-electron chi connectivity index (χ3n) is 2.48. The first-order valence-electron chi connectivity index (χ1n) is 4.80. The van der Waals surface area contributed by atoms with Crippen molar-refractivity contribution in [2.75, 3.05) is 0 Å². The molecule has 0 unspecified atom stereocenters. The maximum Gasteiger partial charge on any atom is 0.126 e. The Kier molecular flexibility index (Phi) is 2.96. The highest BCUT2D eigenvalue weighted by atomic mass is 35.5. The Bertz CT molecular complexity index is 503. The van der Waals surface area contributed by atoms with Gasteiger partial charge in [-0.25, -0.2) is 4.39 Å². The van der Waals surface area contributed by atoms with E-state index in [1.54, 1.807) is 0 Å². The lowest BCUT2D eigenvalue weighted by Crippen LogP contribution is -2.01. The van der Waals surface area contributed by atoms with Crippen molar-refractivity contribution in [3.63, 3.8) is 0 Å². The third-order valence-corrected chi connectivity index (χ3v) is 3.05. The lowest BCUT2D eigenvalue weighted by atomic mass is 10.3. The standard InChI is InChI=1S/C12H10Cl2FN/c1-7-3-4-8(2)16(7)12-10(13)5-9(15)6-11(12)14/h3-6H,1-2H3. The fourth-order valence-corrected chi connectivity index (χ4v) is 2.40. The molecule has 0 saturated heterocycles. The Balaban J connectivity index is 2.74. The second-order valence-electron chi connectivity index (χ2n) is 3.67. The molecule has 0 aliphatic carbocycles. The molecule has 0 aliphatic heterocycles. The Morgan fingerprint density at radius 2 is 1.44 bits per heavy atom.